The molecule has 0 aliphatic carbocycles. The van der Waals surface area contributed by atoms with E-state index in [4.69, 9.17) is 9.47 Å². The van der Waals surface area contributed by atoms with Crippen LogP contribution >= 0.6 is 0 Å². The van der Waals surface area contributed by atoms with Crippen molar-refractivity contribution in [1.82, 2.24) is 9.99 Å². The maximum Gasteiger partial charge on any atom is 0.271 e. The molecule has 3 aromatic rings. The van der Waals surface area contributed by atoms with Gasteiger partial charge in [0.25, 0.3) is 5.91 Å². The second kappa shape index (κ2) is 8.43. The number of nitrogens with zero attached hydrogens (tertiary/aromatic N) is 2. The largest absolute Gasteiger partial charge is 0.497 e. The van der Waals surface area contributed by atoms with E-state index in [0.717, 1.165) is 22.6 Å². The first-order valence-corrected chi connectivity index (χ1v) is 8.83. The Hall–Kier alpha value is -3.54. The molecule has 1 aromatic heterocycles. The number of hydrogen-bond acceptors (Lipinski definition) is 4. The summed E-state index contributed by atoms with van der Waals surface area (Å²) in [5.41, 5.74) is 7.14. The Morgan fingerprint density at radius 3 is 2.04 bits per heavy atom. The zero-order chi connectivity index (χ0) is 20.1. The van der Waals surface area contributed by atoms with E-state index >= 15 is 0 Å². The lowest BCUT2D eigenvalue weighted by atomic mass is 10.2. The lowest BCUT2D eigenvalue weighted by molar-refractivity contribution is 0.0955. The molecule has 28 heavy (non-hydrogen) atoms. The zero-order valence-electron chi connectivity index (χ0n) is 16.4. The van der Waals surface area contributed by atoms with E-state index in [1.165, 1.54) is 0 Å². The third-order valence-electron chi connectivity index (χ3n) is 4.41. The van der Waals surface area contributed by atoms with Gasteiger partial charge in [-0.15, -0.1) is 0 Å². The molecule has 0 aliphatic rings. The van der Waals surface area contributed by atoms with E-state index in [1.807, 2.05) is 12.1 Å². The van der Waals surface area contributed by atoms with E-state index in [1.54, 1.807) is 50.8 Å². The summed E-state index contributed by atoms with van der Waals surface area (Å²) >= 11 is 0. The first-order chi connectivity index (χ1) is 13.5. The number of carbonyl (C=O) groups excluding carboxylic acids is 1. The van der Waals surface area contributed by atoms with Gasteiger partial charge in [-0.2, -0.15) is 5.10 Å². The smallest absolute Gasteiger partial charge is 0.271 e. The summed E-state index contributed by atoms with van der Waals surface area (Å²) in [5, 5.41) is 4.03. The van der Waals surface area contributed by atoms with Crippen LogP contribution in [0.2, 0.25) is 0 Å². The molecule has 0 saturated carbocycles. The molecule has 0 bridgehead atoms. The molecule has 0 radical (unpaired) electrons. The molecular formula is C22H23N3O3. The number of aryl methyl sites for hydroxylation is 2. The number of amides is 1. The van der Waals surface area contributed by atoms with Crippen LogP contribution in [0.1, 0.15) is 27.3 Å². The van der Waals surface area contributed by atoms with Crippen molar-refractivity contribution in [2.24, 2.45) is 5.10 Å². The summed E-state index contributed by atoms with van der Waals surface area (Å²) in [6, 6.07) is 16.9. The molecule has 0 spiro atoms. The summed E-state index contributed by atoms with van der Waals surface area (Å²) in [5.74, 6) is 1.02. The van der Waals surface area contributed by atoms with Crippen LogP contribution in [0.5, 0.6) is 11.5 Å². The topological polar surface area (TPSA) is 64.8 Å². The number of benzene rings is 2. The minimum absolute atomic E-state index is 0.279. The molecule has 6 heteroatoms. The van der Waals surface area contributed by atoms with Gasteiger partial charge < -0.3 is 14.0 Å². The van der Waals surface area contributed by atoms with E-state index in [9.17, 15) is 4.79 Å². The number of rotatable bonds is 6. The predicted molar refractivity (Wildman–Crippen MR) is 110 cm³/mol. The molecule has 2 aromatic carbocycles. The number of nitrogens with one attached hydrogen (secondary N) is 1. The summed E-state index contributed by atoms with van der Waals surface area (Å²) in [7, 11) is 3.16. The number of hydrazone groups is 1. The molecular weight excluding hydrogens is 354 g/mol. The fraction of sp³-hybridized carbons (Fsp3) is 0.182. The number of carbonyl (C=O) groups is 1. The Kier molecular flexibility index (Phi) is 5.79. The van der Waals surface area contributed by atoms with Crippen LogP contribution in [-0.2, 0) is 0 Å². The minimum atomic E-state index is -0.279. The Morgan fingerprint density at radius 2 is 1.50 bits per heavy atom. The first kappa shape index (κ1) is 19.2. The molecule has 1 heterocycles. The fourth-order valence-corrected chi connectivity index (χ4v) is 2.97. The quantitative estimate of drug-likeness (QED) is 0.524. The van der Waals surface area contributed by atoms with Gasteiger partial charge in [0.1, 0.15) is 11.5 Å². The highest BCUT2D eigenvalue weighted by Gasteiger charge is 2.07. The summed E-state index contributed by atoms with van der Waals surface area (Å²) in [6.45, 7) is 4.10. The van der Waals surface area contributed by atoms with Crippen molar-refractivity contribution in [3.63, 3.8) is 0 Å². The third kappa shape index (κ3) is 4.23. The number of ether oxygens (including phenoxy) is 2. The van der Waals surface area contributed by atoms with Crippen LogP contribution in [0.4, 0.5) is 0 Å². The summed E-state index contributed by atoms with van der Waals surface area (Å²) < 4.78 is 12.6. The lowest BCUT2D eigenvalue weighted by Gasteiger charge is -2.10. The number of hydrogen-bond donors (Lipinski definition) is 1. The van der Waals surface area contributed by atoms with Crippen molar-refractivity contribution in [3.8, 4) is 17.2 Å². The van der Waals surface area contributed by atoms with Crippen LogP contribution in [0.3, 0.4) is 0 Å². The Bertz CT molecular complexity index is 963. The maximum atomic E-state index is 12.3. The summed E-state index contributed by atoms with van der Waals surface area (Å²) in [6.07, 6.45) is 1.55. The molecule has 0 fully saturated rings. The first-order valence-electron chi connectivity index (χ1n) is 8.83. The average molecular weight is 377 g/mol. The van der Waals surface area contributed by atoms with Crippen molar-refractivity contribution < 1.29 is 14.3 Å². The second-order valence-electron chi connectivity index (χ2n) is 6.34. The Balaban J connectivity index is 1.69. The molecule has 1 amide bonds. The highest BCUT2D eigenvalue weighted by atomic mass is 16.5. The fourth-order valence-electron chi connectivity index (χ4n) is 2.97. The maximum absolute atomic E-state index is 12.3. The summed E-state index contributed by atoms with van der Waals surface area (Å²) in [4.78, 5) is 12.3. The van der Waals surface area contributed by atoms with Gasteiger partial charge in [-0.1, -0.05) is 0 Å². The van der Waals surface area contributed by atoms with Gasteiger partial charge in [0.05, 0.1) is 20.4 Å². The van der Waals surface area contributed by atoms with Gasteiger partial charge in [-0.05, 0) is 62.4 Å². The molecule has 0 aliphatic heterocycles. The van der Waals surface area contributed by atoms with Crippen LogP contribution in [0.15, 0.2) is 59.7 Å². The molecule has 0 atom stereocenters. The van der Waals surface area contributed by atoms with Gasteiger partial charge in [0.15, 0.2) is 0 Å². The van der Waals surface area contributed by atoms with Crippen molar-refractivity contribution >= 4 is 12.1 Å². The molecule has 6 nitrogen and oxygen atoms in total. The molecule has 0 unspecified atom stereocenters. The van der Waals surface area contributed by atoms with Gasteiger partial charge in [-0.3, -0.25) is 4.79 Å². The molecule has 1 N–H and O–H groups in total. The molecule has 3 rings (SSSR count). The highest BCUT2D eigenvalue weighted by molar-refractivity contribution is 5.95. The normalized spacial score (nSPS) is 10.9. The minimum Gasteiger partial charge on any atom is -0.497 e. The van der Waals surface area contributed by atoms with Crippen molar-refractivity contribution in [3.05, 3.63) is 77.1 Å². The molecule has 0 saturated heterocycles. The zero-order valence-corrected chi connectivity index (χ0v) is 16.4. The molecule has 144 valence electrons. The standard InChI is InChI=1S/C22H23N3O3/c1-15-5-6-16(2)25(15)19-9-7-18(8-10-19)22(26)24-23-14-17-11-20(27-3)13-21(12-17)28-4/h5-14H,1-4H3,(H,24,26)/b23-14+. The van der Waals surface area contributed by atoms with Crippen LogP contribution in [-0.4, -0.2) is 30.9 Å². The van der Waals surface area contributed by atoms with Crippen molar-refractivity contribution in [2.45, 2.75) is 13.8 Å². The number of methoxy groups -OCH3 is 2. The number of aromatic nitrogens is 1. The Morgan fingerprint density at radius 1 is 0.929 bits per heavy atom. The predicted octanol–water partition coefficient (Wildman–Crippen LogP) is 3.88. The van der Waals surface area contributed by atoms with E-state index in [2.05, 4.69) is 41.1 Å². The lowest BCUT2D eigenvalue weighted by Crippen LogP contribution is -2.17. The average Bonchev–Trinajstić information content (AvgIpc) is 3.05. The van der Waals surface area contributed by atoms with Crippen molar-refractivity contribution in [1.29, 1.82) is 0 Å². The van der Waals surface area contributed by atoms with Crippen molar-refractivity contribution in [2.75, 3.05) is 14.2 Å². The van der Waals surface area contributed by atoms with E-state index in [0.29, 0.717) is 17.1 Å². The van der Waals surface area contributed by atoms with E-state index in [-0.39, 0.29) is 5.91 Å². The van der Waals surface area contributed by atoms with Gasteiger partial charge in [-0.25, -0.2) is 5.43 Å². The van der Waals surface area contributed by atoms with Crippen LogP contribution in [0, 0.1) is 13.8 Å². The monoisotopic (exact) mass is 377 g/mol. The third-order valence-corrected chi connectivity index (χ3v) is 4.41. The second-order valence-corrected chi connectivity index (χ2v) is 6.34. The van der Waals surface area contributed by atoms with Gasteiger partial charge >= 0.3 is 0 Å². The SMILES string of the molecule is COc1cc(/C=N/NC(=O)c2ccc(-n3c(C)ccc3C)cc2)cc(OC)c1. The van der Waals surface area contributed by atoms with Gasteiger partial charge in [0.2, 0.25) is 0 Å². The van der Waals surface area contributed by atoms with Gasteiger partial charge in [0, 0.05) is 34.3 Å². The van der Waals surface area contributed by atoms with Crippen LogP contribution < -0.4 is 14.9 Å². The van der Waals surface area contributed by atoms with Crippen LogP contribution in [0.25, 0.3) is 5.69 Å². The van der Waals surface area contributed by atoms with E-state index < -0.39 is 0 Å². The Labute approximate surface area is 164 Å². The highest BCUT2D eigenvalue weighted by Crippen LogP contribution is 2.21.